The van der Waals surface area contributed by atoms with Crippen LogP contribution in [-0.2, 0) is 0 Å². The number of allylic oxidation sites excluding steroid dienone is 2. The van der Waals surface area contributed by atoms with Crippen molar-refractivity contribution in [1.82, 2.24) is 0 Å². The molecule has 1 aromatic carbocycles. The first-order chi connectivity index (χ1) is 9.70. The van der Waals surface area contributed by atoms with Crippen LogP contribution in [0.5, 0.6) is 0 Å². The zero-order valence-electron chi connectivity index (χ0n) is 11.9. The number of benzene rings is 1. The van der Waals surface area contributed by atoms with Gasteiger partial charge in [0, 0.05) is 22.3 Å². The highest BCUT2D eigenvalue weighted by atomic mass is 16.1. The highest BCUT2D eigenvalue weighted by Crippen LogP contribution is 2.36. The molecule has 104 valence electrons. The third-order valence-electron chi connectivity index (χ3n) is 4.67. The van der Waals surface area contributed by atoms with Crippen molar-refractivity contribution in [1.29, 1.82) is 0 Å². The lowest BCUT2D eigenvalue weighted by Gasteiger charge is -2.25. The fourth-order valence-electron chi connectivity index (χ4n) is 3.58. The summed E-state index contributed by atoms with van der Waals surface area (Å²) in [5.41, 5.74) is 2.66. The summed E-state index contributed by atoms with van der Waals surface area (Å²) in [5, 5.41) is 0. The summed E-state index contributed by atoms with van der Waals surface area (Å²) in [6.07, 6.45) is 6.94. The van der Waals surface area contributed by atoms with E-state index in [9.17, 15) is 9.59 Å². The molecule has 1 saturated carbocycles. The van der Waals surface area contributed by atoms with Crippen LogP contribution < -0.4 is 0 Å². The molecule has 2 aliphatic carbocycles. The minimum Gasteiger partial charge on any atom is -0.289 e. The highest BCUT2D eigenvalue weighted by molar-refractivity contribution is 6.26. The van der Waals surface area contributed by atoms with Crippen molar-refractivity contribution in [3.63, 3.8) is 0 Å². The zero-order valence-corrected chi connectivity index (χ0v) is 11.9. The lowest BCUT2D eigenvalue weighted by atomic mass is 9.77. The number of carbonyl (C=O) groups is 2. The fourth-order valence-corrected chi connectivity index (χ4v) is 3.58. The number of fused-ring (bicyclic) bond motifs is 1. The minimum absolute atomic E-state index is 0.0412. The first kappa shape index (κ1) is 13.3. The van der Waals surface area contributed by atoms with Crippen LogP contribution in [-0.4, -0.2) is 11.6 Å². The third kappa shape index (κ3) is 2.13. The van der Waals surface area contributed by atoms with Crippen LogP contribution in [0, 0.1) is 5.92 Å². The van der Waals surface area contributed by atoms with E-state index in [0.29, 0.717) is 16.7 Å². The van der Waals surface area contributed by atoms with Crippen LogP contribution in [0.25, 0.3) is 0 Å². The minimum atomic E-state index is 0.0412. The van der Waals surface area contributed by atoms with Gasteiger partial charge in [-0.1, -0.05) is 49.9 Å². The smallest absolute Gasteiger partial charge is 0.190 e. The summed E-state index contributed by atoms with van der Waals surface area (Å²) < 4.78 is 0. The Labute approximate surface area is 119 Å². The molecule has 0 heterocycles. The van der Waals surface area contributed by atoms with Gasteiger partial charge in [-0.2, -0.15) is 0 Å². The SMILES string of the molecule is CC1=C(C2CCCCCC2)C(=O)c2ccccc2C1=O. The summed E-state index contributed by atoms with van der Waals surface area (Å²) in [6, 6.07) is 7.23. The maximum atomic E-state index is 12.8. The van der Waals surface area contributed by atoms with Crippen molar-refractivity contribution >= 4 is 11.6 Å². The number of hydrogen-bond donors (Lipinski definition) is 0. The summed E-state index contributed by atoms with van der Waals surface area (Å²) in [4.78, 5) is 25.3. The Balaban J connectivity index is 2.04. The molecule has 0 N–H and O–H groups in total. The van der Waals surface area contributed by atoms with Gasteiger partial charge < -0.3 is 0 Å². The molecule has 0 bridgehead atoms. The first-order valence-corrected chi connectivity index (χ1v) is 7.59. The van der Waals surface area contributed by atoms with Gasteiger partial charge in [-0.3, -0.25) is 9.59 Å². The predicted molar refractivity (Wildman–Crippen MR) is 79.0 cm³/mol. The summed E-state index contributed by atoms with van der Waals surface area (Å²) in [7, 11) is 0. The number of ketones is 2. The molecule has 0 radical (unpaired) electrons. The summed E-state index contributed by atoms with van der Waals surface area (Å²) in [5.74, 6) is 0.409. The van der Waals surface area contributed by atoms with Crippen molar-refractivity contribution < 1.29 is 9.59 Å². The fraction of sp³-hybridized carbons (Fsp3) is 0.444. The average molecular weight is 268 g/mol. The molecule has 2 heteroatoms. The molecule has 0 unspecified atom stereocenters. The lowest BCUT2D eigenvalue weighted by Crippen LogP contribution is -2.25. The quantitative estimate of drug-likeness (QED) is 0.709. The average Bonchev–Trinajstić information content (AvgIpc) is 2.74. The Morgan fingerprint density at radius 1 is 0.850 bits per heavy atom. The molecular formula is C18H20O2. The molecule has 0 saturated heterocycles. The summed E-state index contributed by atoms with van der Waals surface area (Å²) >= 11 is 0. The van der Waals surface area contributed by atoms with Gasteiger partial charge in [0.25, 0.3) is 0 Å². The monoisotopic (exact) mass is 268 g/mol. The predicted octanol–water partition coefficient (Wildman–Crippen LogP) is 4.35. The maximum absolute atomic E-state index is 12.8. The van der Waals surface area contributed by atoms with Gasteiger partial charge in [0.1, 0.15) is 0 Å². The van der Waals surface area contributed by atoms with Crippen molar-refractivity contribution in [3.8, 4) is 0 Å². The Morgan fingerprint density at radius 3 is 2.00 bits per heavy atom. The zero-order chi connectivity index (χ0) is 14.1. The van der Waals surface area contributed by atoms with Crippen molar-refractivity contribution in [2.45, 2.75) is 45.4 Å². The largest absolute Gasteiger partial charge is 0.289 e. The molecule has 3 rings (SSSR count). The molecule has 0 aromatic heterocycles. The van der Waals surface area contributed by atoms with E-state index in [1.165, 1.54) is 25.7 Å². The van der Waals surface area contributed by atoms with Crippen LogP contribution in [0.4, 0.5) is 0 Å². The van der Waals surface area contributed by atoms with Crippen LogP contribution in [0.2, 0.25) is 0 Å². The van der Waals surface area contributed by atoms with Crippen molar-refractivity contribution in [2.24, 2.45) is 5.92 Å². The Kier molecular flexibility index (Phi) is 3.56. The Bertz CT molecular complexity index is 587. The van der Waals surface area contributed by atoms with Gasteiger partial charge in [0.15, 0.2) is 11.6 Å². The molecule has 0 aliphatic heterocycles. The van der Waals surface area contributed by atoms with Crippen LogP contribution in [0.15, 0.2) is 35.4 Å². The Morgan fingerprint density at radius 2 is 1.40 bits per heavy atom. The molecule has 0 amide bonds. The van der Waals surface area contributed by atoms with Crippen LogP contribution in [0.1, 0.15) is 66.2 Å². The lowest BCUT2D eigenvalue weighted by molar-refractivity contribution is 0.0963. The van der Waals surface area contributed by atoms with E-state index in [1.807, 2.05) is 19.1 Å². The second kappa shape index (κ2) is 5.35. The van der Waals surface area contributed by atoms with Crippen molar-refractivity contribution in [2.75, 3.05) is 0 Å². The molecular weight excluding hydrogens is 248 g/mol. The molecule has 1 aromatic rings. The second-order valence-corrected chi connectivity index (χ2v) is 5.93. The van der Waals surface area contributed by atoms with E-state index < -0.39 is 0 Å². The molecule has 2 aliphatic rings. The van der Waals surface area contributed by atoms with Gasteiger partial charge in [-0.05, 0) is 25.7 Å². The number of Topliss-reactive ketones (excluding diaryl/α,β-unsaturated/α-hetero) is 2. The second-order valence-electron chi connectivity index (χ2n) is 5.93. The maximum Gasteiger partial charge on any atom is 0.190 e. The van der Waals surface area contributed by atoms with Gasteiger partial charge in [0.2, 0.25) is 0 Å². The van der Waals surface area contributed by atoms with E-state index in [0.717, 1.165) is 18.4 Å². The number of hydrogen-bond acceptors (Lipinski definition) is 2. The van der Waals surface area contributed by atoms with E-state index in [4.69, 9.17) is 0 Å². The highest BCUT2D eigenvalue weighted by Gasteiger charge is 2.33. The molecule has 2 nitrogen and oxygen atoms in total. The number of rotatable bonds is 1. The Hall–Kier alpha value is -1.70. The van der Waals surface area contributed by atoms with Crippen LogP contribution in [0.3, 0.4) is 0 Å². The van der Waals surface area contributed by atoms with Gasteiger partial charge in [-0.25, -0.2) is 0 Å². The first-order valence-electron chi connectivity index (χ1n) is 7.59. The number of carbonyl (C=O) groups excluding carboxylic acids is 2. The molecule has 0 spiro atoms. The standard InChI is InChI=1S/C18H20O2/c1-12-16(13-8-4-2-3-5-9-13)18(20)15-11-7-6-10-14(15)17(12)19/h6-7,10-11,13H,2-5,8-9H2,1H3. The van der Waals surface area contributed by atoms with E-state index in [2.05, 4.69) is 0 Å². The summed E-state index contributed by atoms with van der Waals surface area (Å²) in [6.45, 7) is 1.83. The van der Waals surface area contributed by atoms with Gasteiger partial charge in [0.05, 0.1) is 0 Å². The van der Waals surface area contributed by atoms with E-state index in [1.54, 1.807) is 12.1 Å². The van der Waals surface area contributed by atoms with E-state index >= 15 is 0 Å². The molecule has 1 fully saturated rings. The molecule has 20 heavy (non-hydrogen) atoms. The van der Waals surface area contributed by atoms with E-state index in [-0.39, 0.29) is 17.5 Å². The van der Waals surface area contributed by atoms with Gasteiger partial charge in [-0.15, -0.1) is 0 Å². The normalized spacial score (nSPS) is 20.9. The topological polar surface area (TPSA) is 34.1 Å². The van der Waals surface area contributed by atoms with Crippen LogP contribution >= 0.6 is 0 Å². The third-order valence-corrected chi connectivity index (χ3v) is 4.67. The van der Waals surface area contributed by atoms with Gasteiger partial charge >= 0.3 is 0 Å². The van der Waals surface area contributed by atoms with Crippen molar-refractivity contribution in [3.05, 3.63) is 46.5 Å². The molecule has 0 atom stereocenters.